The molecule has 1 nitrogen and oxygen atoms in total. The Morgan fingerprint density at radius 3 is 2.90 bits per heavy atom. The maximum atomic E-state index is 6.72. The highest BCUT2D eigenvalue weighted by Gasteiger charge is 2.17. The fourth-order valence-electron chi connectivity index (χ4n) is 2.82. The van der Waals surface area contributed by atoms with Gasteiger partial charge in [0.1, 0.15) is 5.75 Å². The van der Waals surface area contributed by atoms with Crippen molar-refractivity contribution >= 4 is 11.6 Å². The van der Waals surface area contributed by atoms with E-state index in [1.165, 1.54) is 16.7 Å². The lowest BCUT2D eigenvalue weighted by Crippen LogP contribution is -2.09. The zero-order valence-corrected chi connectivity index (χ0v) is 12.5. The van der Waals surface area contributed by atoms with E-state index in [2.05, 4.69) is 49.4 Å². The summed E-state index contributed by atoms with van der Waals surface area (Å²) in [5.41, 5.74) is 4.99. The predicted octanol–water partition coefficient (Wildman–Crippen LogP) is 4.90. The van der Waals surface area contributed by atoms with E-state index in [-0.39, 0.29) is 5.38 Å². The minimum atomic E-state index is -0.0848. The molecule has 1 aliphatic heterocycles. The molecule has 3 rings (SSSR count). The first-order valence-corrected chi connectivity index (χ1v) is 7.70. The summed E-state index contributed by atoms with van der Waals surface area (Å²) < 4.78 is 5.67. The van der Waals surface area contributed by atoms with Crippen LogP contribution in [0.1, 0.15) is 41.0 Å². The van der Waals surface area contributed by atoms with Gasteiger partial charge < -0.3 is 4.74 Å². The maximum Gasteiger partial charge on any atom is 0.122 e. The number of hydrogen-bond donors (Lipinski definition) is 0. The maximum absolute atomic E-state index is 6.72. The van der Waals surface area contributed by atoms with Crippen LogP contribution in [0, 0.1) is 0 Å². The highest BCUT2D eigenvalue weighted by molar-refractivity contribution is 6.22. The van der Waals surface area contributed by atoms with Crippen molar-refractivity contribution in [2.45, 2.75) is 31.6 Å². The summed E-state index contributed by atoms with van der Waals surface area (Å²) in [6, 6.07) is 14.8. The molecule has 0 spiro atoms. The van der Waals surface area contributed by atoms with Gasteiger partial charge in [0.05, 0.1) is 12.0 Å². The molecule has 0 bridgehead atoms. The van der Waals surface area contributed by atoms with Gasteiger partial charge in [-0.15, -0.1) is 11.6 Å². The Morgan fingerprint density at radius 1 is 1.20 bits per heavy atom. The van der Waals surface area contributed by atoms with Crippen molar-refractivity contribution in [2.75, 3.05) is 6.61 Å². The number of alkyl halides is 1. The SMILES string of the molecule is CCc1ccccc1C(Cl)c1ccc2c(c1)CCCO2. The second-order valence-electron chi connectivity index (χ2n) is 5.23. The van der Waals surface area contributed by atoms with Gasteiger partial charge in [-0.25, -0.2) is 0 Å². The van der Waals surface area contributed by atoms with Crippen LogP contribution in [-0.4, -0.2) is 6.61 Å². The molecule has 104 valence electrons. The number of ether oxygens (including phenoxy) is 1. The third-order valence-electron chi connectivity index (χ3n) is 3.93. The predicted molar refractivity (Wildman–Crippen MR) is 83.8 cm³/mol. The standard InChI is InChI=1S/C18H19ClO/c1-2-13-6-3-4-8-16(13)18(19)15-9-10-17-14(12-15)7-5-11-20-17/h3-4,6,8-10,12,18H,2,5,7,11H2,1H3. The Labute approximate surface area is 125 Å². The molecule has 0 N–H and O–H groups in total. The van der Waals surface area contributed by atoms with E-state index in [1.807, 2.05) is 0 Å². The molecular weight excluding hydrogens is 268 g/mol. The Morgan fingerprint density at radius 2 is 2.05 bits per heavy atom. The van der Waals surface area contributed by atoms with Crippen LogP contribution in [0.25, 0.3) is 0 Å². The van der Waals surface area contributed by atoms with Crippen LogP contribution in [-0.2, 0) is 12.8 Å². The highest BCUT2D eigenvalue weighted by Crippen LogP contribution is 2.35. The van der Waals surface area contributed by atoms with E-state index < -0.39 is 0 Å². The van der Waals surface area contributed by atoms with Gasteiger partial charge in [0.2, 0.25) is 0 Å². The van der Waals surface area contributed by atoms with Gasteiger partial charge in [0, 0.05) is 0 Å². The molecule has 2 heteroatoms. The van der Waals surface area contributed by atoms with Gasteiger partial charge >= 0.3 is 0 Å². The molecule has 2 aromatic rings. The molecule has 0 aromatic heterocycles. The summed E-state index contributed by atoms with van der Waals surface area (Å²) in [6.45, 7) is 3.00. The Bertz CT molecular complexity index is 606. The zero-order valence-electron chi connectivity index (χ0n) is 11.7. The third kappa shape index (κ3) is 2.55. The van der Waals surface area contributed by atoms with Gasteiger partial charge in [0.25, 0.3) is 0 Å². The van der Waals surface area contributed by atoms with Crippen LogP contribution in [0.4, 0.5) is 0 Å². The van der Waals surface area contributed by atoms with Gasteiger partial charge in [-0.05, 0) is 47.6 Å². The summed E-state index contributed by atoms with van der Waals surface area (Å²) in [5.74, 6) is 1.02. The van der Waals surface area contributed by atoms with Crippen molar-refractivity contribution in [3.8, 4) is 5.75 Å². The number of hydrogen-bond acceptors (Lipinski definition) is 1. The quantitative estimate of drug-likeness (QED) is 0.729. The molecule has 0 saturated heterocycles. The molecule has 0 fully saturated rings. The molecule has 0 radical (unpaired) electrons. The van der Waals surface area contributed by atoms with E-state index in [4.69, 9.17) is 16.3 Å². The molecule has 0 saturated carbocycles. The molecule has 1 atom stereocenters. The molecule has 0 amide bonds. The van der Waals surface area contributed by atoms with E-state index in [0.29, 0.717) is 0 Å². The van der Waals surface area contributed by atoms with E-state index in [9.17, 15) is 0 Å². The lowest BCUT2D eigenvalue weighted by Gasteiger charge is -2.20. The van der Waals surface area contributed by atoms with E-state index in [1.54, 1.807) is 0 Å². The summed E-state index contributed by atoms with van der Waals surface area (Å²) in [4.78, 5) is 0. The number of halogens is 1. The topological polar surface area (TPSA) is 9.23 Å². The number of aryl methyl sites for hydroxylation is 2. The third-order valence-corrected chi connectivity index (χ3v) is 4.42. The fourth-order valence-corrected chi connectivity index (χ4v) is 3.17. The van der Waals surface area contributed by atoms with Crippen LogP contribution < -0.4 is 4.74 Å². The summed E-state index contributed by atoms with van der Waals surface area (Å²) >= 11 is 6.72. The Kier molecular flexibility index (Phi) is 3.98. The smallest absolute Gasteiger partial charge is 0.122 e. The van der Waals surface area contributed by atoms with Crippen molar-refractivity contribution < 1.29 is 4.74 Å². The van der Waals surface area contributed by atoms with Gasteiger partial charge in [0.15, 0.2) is 0 Å². The van der Waals surface area contributed by atoms with Gasteiger partial charge in [-0.1, -0.05) is 43.3 Å². The lowest BCUT2D eigenvalue weighted by molar-refractivity contribution is 0.288. The van der Waals surface area contributed by atoms with Crippen LogP contribution >= 0.6 is 11.6 Å². The van der Waals surface area contributed by atoms with Crippen molar-refractivity contribution in [3.05, 3.63) is 64.7 Å². The summed E-state index contributed by atoms with van der Waals surface area (Å²) in [7, 11) is 0. The first-order chi connectivity index (χ1) is 9.79. The monoisotopic (exact) mass is 286 g/mol. The highest BCUT2D eigenvalue weighted by atomic mass is 35.5. The average molecular weight is 287 g/mol. The molecule has 0 aliphatic carbocycles. The lowest BCUT2D eigenvalue weighted by atomic mass is 9.95. The number of rotatable bonds is 3. The molecule has 1 aliphatic rings. The van der Waals surface area contributed by atoms with Crippen molar-refractivity contribution in [2.24, 2.45) is 0 Å². The average Bonchev–Trinajstić information content (AvgIpc) is 2.53. The summed E-state index contributed by atoms with van der Waals surface area (Å²) in [5, 5.41) is -0.0848. The van der Waals surface area contributed by atoms with E-state index >= 15 is 0 Å². The fraction of sp³-hybridized carbons (Fsp3) is 0.333. The number of fused-ring (bicyclic) bond motifs is 1. The second kappa shape index (κ2) is 5.88. The normalized spacial score (nSPS) is 15.3. The zero-order chi connectivity index (χ0) is 13.9. The van der Waals surface area contributed by atoms with Crippen LogP contribution in [0.3, 0.4) is 0 Å². The van der Waals surface area contributed by atoms with E-state index in [0.717, 1.165) is 37.2 Å². The Hall–Kier alpha value is -1.47. The van der Waals surface area contributed by atoms with Crippen LogP contribution in [0.5, 0.6) is 5.75 Å². The second-order valence-corrected chi connectivity index (χ2v) is 5.67. The molecule has 2 aromatic carbocycles. The Balaban J connectivity index is 1.96. The molecular formula is C18H19ClO. The minimum absolute atomic E-state index is 0.0848. The first kappa shape index (κ1) is 13.5. The number of benzene rings is 2. The van der Waals surface area contributed by atoms with Crippen LogP contribution in [0.2, 0.25) is 0 Å². The largest absolute Gasteiger partial charge is 0.493 e. The van der Waals surface area contributed by atoms with Crippen LogP contribution in [0.15, 0.2) is 42.5 Å². The van der Waals surface area contributed by atoms with Crippen molar-refractivity contribution in [3.63, 3.8) is 0 Å². The van der Waals surface area contributed by atoms with Gasteiger partial charge in [-0.3, -0.25) is 0 Å². The molecule has 1 unspecified atom stereocenters. The molecule has 20 heavy (non-hydrogen) atoms. The summed E-state index contributed by atoms with van der Waals surface area (Å²) in [6.07, 6.45) is 3.19. The minimum Gasteiger partial charge on any atom is -0.493 e. The molecule has 1 heterocycles. The van der Waals surface area contributed by atoms with Crippen molar-refractivity contribution in [1.29, 1.82) is 0 Å². The van der Waals surface area contributed by atoms with Gasteiger partial charge in [-0.2, -0.15) is 0 Å². The van der Waals surface area contributed by atoms with Crippen molar-refractivity contribution in [1.82, 2.24) is 0 Å². The first-order valence-electron chi connectivity index (χ1n) is 7.27.